The van der Waals surface area contributed by atoms with Crippen LogP contribution in [0.2, 0.25) is 0 Å². The second kappa shape index (κ2) is 10.0. The van der Waals surface area contributed by atoms with Crippen molar-refractivity contribution in [3.05, 3.63) is 64.0 Å². The van der Waals surface area contributed by atoms with E-state index in [9.17, 15) is 19.2 Å². The number of fused-ring (bicyclic) bond motifs is 1. The Kier molecular flexibility index (Phi) is 6.86. The second-order valence-electron chi connectivity index (χ2n) is 8.23. The highest BCUT2D eigenvalue weighted by Crippen LogP contribution is 2.34. The molecule has 0 bridgehead atoms. The molecule has 35 heavy (non-hydrogen) atoms. The summed E-state index contributed by atoms with van der Waals surface area (Å²) in [5, 5.41) is 0.578. The number of amides is 4. The largest absolute Gasteiger partial charge is 0.490 e. The van der Waals surface area contributed by atoms with Crippen molar-refractivity contribution in [2.24, 2.45) is 0 Å². The Morgan fingerprint density at radius 2 is 1.54 bits per heavy atom. The smallest absolute Gasteiger partial charge is 0.339 e. The molecule has 0 atom stereocenters. The van der Waals surface area contributed by atoms with E-state index >= 15 is 0 Å². The lowest BCUT2D eigenvalue weighted by atomic mass is 10.1. The van der Waals surface area contributed by atoms with E-state index in [1.165, 1.54) is 18.2 Å². The van der Waals surface area contributed by atoms with Crippen molar-refractivity contribution < 1.29 is 28.3 Å². The lowest BCUT2D eigenvalue weighted by Gasteiger charge is -2.18. The third kappa shape index (κ3) is 4.75. The molecule has 9 nitrogen and oxygen atoms in total. The van der Waals surface area contributed by atoms with Gasteiger partial charge in [-0.05, 0) is 49.1 Å². The first kappa shape index (κ1) is 24.0. The van der Waals surface area contributed by atoms with Crippen LogP contribution in [-0.4, -0.2) is 36.0 Å². The SMILES string of the molecule is CCCOc1ccc(N2C(=O)C(=O)N(Cc3cc(=O)oc4cc(C)ccc34)C2=O)cc1OCCC. The summed E-state index contributed by atoms with van der Waals surface area (Å²) in [4.78, 5) is 52.6. The van der Waals surface area contributed by atoms with Gasteiger partial charge in [0.15, 0.2) is 11.5 Å². The van der Waals surface area contributed by atoms with E-state index in [0.717, 1.165) is 28.2 Å². The highest BCUT2D eigenvalue weighted by atomic mass is 16.5. The number of carbonyl (C=O) groups is 3. The summed E-state index contributed by atoms with van der Waals surface area (Å²) in [6.45, 7) is 6.44. The molecule has 1 aliphatic heterocycles. The maximum absolute atomic E-state index is 13.2. The number of benzene rings is 2. The van der Waals surface area contributed by atoms with E-state index < -0.39 is 23.5 Å². The van der Waals surface area contributed by atoms with Crippen molar-refractivity contribution in [2.45, 2.75) is 40.2 Å². The molecule has 182 valence electrons. The maximum Gasteiger partial charge on any atom is 0.339 e. The van der Waals surface area contributed by atoms with Crippen LogP contribution in [0.5, 0.6) is 11.5 Å². The molecule has 0 spiro atoms. The molecule has 0 saturated carbocycles. The second-order valence-corrected chi connectivity index (χ2v) is 8.23. The predicted molar refractivity (Wildman–Crippen MR) is 129 cm³/mol. The van der Waals surface area contributed by atoms with Gasteiger partial charge in [0.1, 0.15) is 5.58 Å². The standard InChI is InChI=1S/C26H26N2O7/c1-4-10-33-20-9-7-18(14-22(20)34-11-5-2)28-25(31)24(30)27(26(28)32)15-17-13-23(29)35-21-12-16(3)6-8-19(17)21/h6-9,12-14H,4-5,10-11,15H2,1-3H3. The highest BCUT2D eigenvalue weighted by molar-refractivity contribution is 6.52. The summed E-state index contributed by atoms with van der Waals surface area (Å²) in [6.07, 6.45) is 1.55. The molecule has 3 aromatic rings. The lowest BCUT2D eigenvalue weighted by molar-refractivity contribution is -0.139. The van der Waals surface area contributed by atoms with Gasteiger partial charge >= 0.3 is 23.5 Å². The Morgan fingerprint density at radius 3 is 2.26 bits per heavy atom. The van der Waals surface area contributed by atoms with Gasteiger partial charge in [-0.1, -0.05) is 26.0 Å². The molecule has 4 amide bonds. The Balaban J connectivity index is 1.66. The molecule has 1 aliphatic rings. The van der Waals surface area contributed by atoms with Gasteiger partial charge in [0.2, 0.25) is 0 Å². The van der Waals surface area contributed by atoms with Crippen molar-refractivity contribution in [2.75, 3.05) is 18.1 Å². The Bertz CT molecular complexity index is 1360. The molecule has 1 aromatic heterocycles. The minimum absolute atomic E-state index is 0.193. The summed E-state index contributed by atoms with van der Waals surface area (Å²) >= 11 is 0. The number of rotatable bonds is 9. The van der Waals surface area contributed by atoms with Crippen LogP contribution in [0.15, 0.2) is 51.7 Å². The molecule has 0 aliphatic carbocycles. The number of hydrogen-bond acceptors (Lipinski definition) is 7. The number of anilines is 1. The number of imide groups is 2. The molecule has 0 unspecified atom stereocenters. The van der Waals surface area contributed by atoms with Crippen molar-refractivity contribution in [3.8, 4) is 11.5 Å². The van der Waals surface area contributed by atoms with Crippen LogP contribution >= 0.6 is 0 Å². The highest BCUT2D eigenvalue weighted by Gasteiger charge is 2.45. The van der Waals surface area contributed by atoms with Gasteiger partial charge in [-0.25, -0.2) is 14.5 Å². The van der Waals surface area contributed by atoms with Gasteiger partial charge in [-0.15, -0.1) is 0 Å². The van der Waals surface area contributed by atoms with Gasteiger partial charge in [0.25, 0.3) is 0 Å². The summed E-state index contributed by atoms with van der Waals surface area (Å²) in [5.74, 6) is -1.09. The monoisotopic (exact) mass is 478 g/mol. The molecule has 0 radical (unpaired) electrons. The van der Waals surface area contributed by atoms with Crippen LogP contribution in [0.1, 0.15) is 37.8 Å². The van der Waals surface area contributed by atoms with Crippen molar-refractivity contribution >= 4 is 34.5 Å². The van der Waals surface area contributed by atoms with E-state index in [-0.39, 0.29) is 12.2 Å². The van der Waals surface area contributed by atoms with Crippen LogP contribution in [0.3, 0.4) is 0 Å². The van der Waals surface area contributed by atoms with E-state index in [1.807, 2.05) is 26.8 Å². The zero-order valence-electron chi connectivity index (χ0n) is 19.8. The molecule has 0 N–H and O–H groups in total. The number of hydrogen-bond donors (Lipinski definition) is 0. The normalized spacial score (nSPS) is 13.7. The fourth-order valence-electron chi connectivity index (χ4n) is 3.80. The summed E-state index contributed by atoms with van der Waals surface area (Å²) < 4.78 is 16.7. The third-order valence-electron chi connectivity index (χ3n) is 5.48. The number of aryl methyl sites for hydroxylation is 1. The molecule has 1 saturated heterocycles. The first-order valence-electron chi connectivity index (χ1n) is 11.5. The minimum atomic E-state index is -0.984. The van der Waals surface area contributed by atoms with E-state index in [1.54, 1.807) is 18.2 Å². The molecule has 2 heterocycles. The molecule has 4 rings (SSSR count). The third-order valence-corrected chi connectivity index (χ3v) is 5.48. The van der Waals surface area contributed by atoms with Crippen LogP contribution in [-0.2, 0) is 16.1 Å². The van der Waals surface area contributed by atoms with Crippen molar-refractivity contribution in [1.82, 2.24) is 4.90 Å². The van der Waals surface area contributed by atoms with Gasteiger partial charge in [-0.2, -0.15) is 0 Å². The summed E-state index contributed by atoms with van der Waals surface area (Å²) in [7, 11) is 0. The Labute approximate surface area is 201 Å². The molecule has 2 aromatic carbocycles. The average molecular weight is 479 g/mol. The zero-order valence-corrected chi connectivity index (χ0v) is 19.8. The van der Waals surface area contributed by atoms with E-state index in [4.69, 9.17) is 13.9 Å². The van der Waals surface area contributed by atoms with Gasteiger partial charge in [0, 0.05) is 17.5 Å². The zero-order chi connectivity index (χ0) is 25.1. The van der Waals surface area contributed by atoms with Gasteiger partial charge in [0.05, 0.1) is 25.4 Å². The fourth-order valence-corrected chi connectivity index (χ4v) is 3.80. The van der Waals surface area contributed by atoms with E-state index in [2.05, 4.69) is 0 Å². The van der Waals surface area contributed by atoms with Gasteiger partial charge in [-0.3, -0.25) is 14.5 Å². The van der Waals surface area contributed by atoms with Crippen LogP contribution in [0, 0.1) is 6.92 Å². The summed E-state index contributed by atoms with van der Waals surface area (Å²) in [6, 6.07) is 10.4. The van der Waals surface area contributed by atoms with Crippen LogP contribution < -0.4 is 20.0 Å². The lowest BCUT2D eigenvalue weighted by Crippen LogP contribution is -2.33. The number of nitrogens with zero attached hydrogens (tertiary/aromatic N) is 2. The quantitative estimate of drug-likeness (QED) is 0.258. The van der Waals surface area contributed by atoms with E-state index in [0.29, 0.717) is 41.2 Å². The number of carbonyl (C=O) groups excluding carboxylic acids is 3. The van der Waals surface area contributed by atoms with Crippen molar-refractivity contribution in [3.63, 3.8) is 0 Å². The van der Waals surface area contributed by atoms with Crippen LogP contribution in [0.25, 0.3) is 11.0 Å². The Morgan fingerprint density at radius 1 is 0.829 bits per heavy atom. The van der Waals surface area contributed by atoms with Crippen molar-refractivity contribution in [1.29, 1.82) is 0 Å². The molecule has 1 fully saturated rings. The van der Waals surface area contributed by atoms with Crippen LogP contribution in [0.4, 0.5) is 10.5 Å². The summed E-state index contributed by atoms with van der Waals surface area (Å²) in [5.41, 5.74) is 1.22. The predicted octanol–water partition coefficient (Wildman–Crippen LogP) is 4.17. The molecule has 9 heteroatoms. The average Bonchev–Trinajstić information content (AvgIpc) is 3.04. The maximum atomic E-state index is 13.2. The first-order valence-corrected chi connectivity index (χ1v) is 11.5. The number of ether oxygens (including phenoxy) is 2. The Hall–Kier alpha value is -4.14. The fraction of sp³-hybridized carbons (Fsp3) is 0.308. The molecular weight excluding hydrogens is 452 g/mol. The molecular formula is C26H26N2O7. The number of urea groups is 1. The topological polar surface area (TPSA) is 106 Å². The first-order chi connectivity index (χ1) is 16.8. The minimum Gasteiger partial charge on any atom is -0.490 e. The van der Waals surface area contributed by atoms with Gasteiger partial charge < -0.3 is 13.9 Å².